The molecule has 1 N–H and O–H groups in total. The molecule has 0 aliphatic carbocycles. The van der Waals surface area contributed by atoms with E-state index in [1.165, 1.54) is 38.1 Å². The first-order chi connectivity index (χ1) is 5.47. The Morgan fingerprint density at radius 1 is 1.45 bits per heavy atom. The van der Waals surface area contributed by atoms with Crippen LogP contribution in [-0.2, 0) is 0 Å². The van der Waals surface area contributed by atoms with E-state index in [-0.39, 0.29) is 0 Å². The molecule has 2 aliphatic heterocycles. The molecule has 0 bridgehead atoms. The molecule has 2 saturated heterocycles. The van der Waals surface area contributed by atoms with Gasteiger partial charge in [0, 0.05) is 11.0 Å². The highest BCUT2D eigenvalue weighted by molar-refractivity contribution is 8.78. The Labute approximate surface area is 76.5 Å². The van der Waals surface area contributed by atoms with E-state index in [2.05, 4.69) is 5.32 Å². The molecule has 0 aromatic heterocycles. The summed E-state index contributed by atoms with van der Waals surface area (Å²) in [6.07, 6.45) is 4.16. The van der Waals surface area contributed by atoms with Crippen molar-refractivity contribution in [1.29, 1.82) is 0 Å². The maximum Gasteiger partial charge on any atom is 0.0470 e. The Morgan fingerprint density at radius 3 is 3.09 bits per heavy atom. The Bertz CT molecular complexity index is 117. The molecule has 2 rings (SSSR count). The van der Waals surface area contributed by atoms with Gasteiger partial charge in [0.15, 0.2) is 0 Å². The van der Waals surface area contributed by atoms with E-state index in [4.69, 9.17) is 0 Å². The zero-order chi connectivity index (χ0) is 7.52. The summed E-state index contributed by atoms with van der Waals surface area (Å²) in [6, 6.07) is 0. The lowest BCUT2D eigenvalue weighted by Gasteiger charge is -2.26. The molecule has 1 radical (unpaired) electrons. The molecule has 0 saturated carbocycles. The van der Waals surface area contributed by atoms with Crippen LogP contribution in [0.3, 0.4) is 0 Å². The Hall–Kier alpha value is 0.660. The van der Waals surface area contributed by atoms with Crippen LogP contribution in [0.4, 0.5) is 0 Å². The molecule has 3 heteroatoms. The summed E-state index contributed by atoms with van der Waals surface area (Å²) in [5, 5.41) is 5.22. The van der Waals surface area contributed by atoms with E-state index in [0.717, 1.165) is 5.92 Å². The van der Waals surface area contributed by atoms with Gasteiger partial charge in [-0.15, -0.1) is 0 Å². The van der Waals surface area contributed by atoms with Crippen molar-refractivity contribution in [3.8, 4) is 0 Å². The number of hydrogen-bond acceptors (Lipinski definition) is 3. The quantitative estimate of drug-likeness (QED) is 0.634. The van der Waals surface area contributed by atoms with Gasteiger partial charge in [0.05, 0.1) is 0 Å². The summed E-state index contributed by atoms with van der Waals surface area (Å²) < 4.78 is 0. The fourth-order valence-corrected chi connectivity index (χ4v) is 4.50. The number of piperidine rings is 1. The predicted octanol–water partition coefficient (Wildman–Crippen LogP) is 2.30. The van der Waals surface area contributed by atoms with E-state index < -0.39 is 0 Å². The fourth-order valence-electron chi connectivity index (χ4n) is 1.70. The highest BCUT2D eigenvalue weighted by atomic mass is 33.1. The molecule has 11 heavy (non-hydrogen) atoms. The van der Waals surface area contributed by atoms with Crippen LogP contribution in [0.5, 0.6) is 0 Å². The zero-order valence-electron chi connectivity index (χ0n) is 6.64. The van der Waals surface area contributed by atoms with Crippen LogP contribution in [0.2, 0.25) is 0 Å². The van der Waals surface area contributed by atoms with Crippen molar-refractivity contribution in [2.24, 2.45) is 5.92 Å². The third kappa shape index (κ3) is 2.07. The summed E-state index contributed by atoms with van der Waals surface area (Å²) in [5.41, 5.74) is 0. The third-order valence-corrected chi connectivity index (χ3v) is 5.09. The molecule has 0 aromatic rings. The average molecular weight is 188 g/mol. The first kappa shape index (κ1) is 8.27. The first-order valence-electron chi connectivity index (χ1n) is 4.33. The molecule has 1 unspecified atom stereocenters. The van der Waals surface area contributed by atoms with E-state index in [0.29, 0.717) is 0 Å². The van der Waals surface area contributed by atoms with E-state index in [1.807, 2.05) is 21.6 Å². The molecule has 63 valence electrons. The molecule has 1 nitrogen and oxygen atoms in total. The molecule has 0 amide bonds. The van der Waals surface area contributed by atoms with Crippen molar-refractivity contribution >= 4 is 21.6 Å². The van der Waals surface area contributed by atoms with Crippen molar-refractivity contribution < 1.29 is 0 Å². The number of nitrogens with one attached hydrogen (secondary N) is 1. The van der Waals surface area contributed by atoms with E-state index in [9.17, 15) is 0 Å². The van der Waals surface area contributed by atoms with Gasteiger partial charge in [0.25, 0.3) is 0 Å². The zero-order valence-corrected chi connectivity index (χ0v) is 8.27. The first-order valence-corrected chi connectivity index (χ1v) is 6.64. The van der Waals surface area contributed by atoms with Crippen LogP contribution in [0, 0.1) is 11.2 Å². The van der Waals surface area contributed by atoms with Crippen LogP contribution in [0.15, 0.2) is 0 Å². The molecule has 1 atom stereocenters. The van der Waals surface area contributed by atoms with Gasteiger partial charge in [-0.2, -0.15) is 0 Å². The molecule has 2 aliphatic rings. The van der Waals surface area contributed by atoms with Crippen molar-refractivity contribution in [3.63, 3.8) is 0 Å². The third-order valence-electron chi connectivity index (χ3n) is 2.35. The summed E-state index contributed by atoms with van der Waals surface area (Å²) in [7, 11) is 4.07. The van der Waals surface area contributed by atoms with Gasteiger partial charge in [0.2, 0.25) is 0 Å². The minimum atomic E-state index is 0.892. The van der Waals surface area contributed by atoms with Crippen molar-refractivity contribution in [1.82, 2.24) is 5.32 Å². The highest BCUT2D eigenvalue weighted by Crippen LogP contribution is 2.48. The Kier molecular flexibility index (Phi) is 3.05. The van der Waals surface area contributed by atoms with Crippen LogP contribution in [-0.4, -0.2) is 18.8 Å². The summed E-state index contributed by atoms with van der Waals surface area (Å²) in [6.45, 7) is 2.48. The maximum absolute atomic E-state index is 3.47. The summed E-state index contributed by atoms with van der Waals surface area (Å²) in [5.74, 6) is 2.24. The van der Waals surface area contributed by atoms with Gasteiger partial charge in [-0.05, 0) is 38.3 Å². The van der Waals surface area contributed by atoms with Gasteiger partial charge in [0.1, 0.15) is 0 Å². The standard InChI is InChI=1S/C8H14NS2/c1-2-7(6-9-4-1)8-3-5-10-11-8/h7,9H,1-6H2. The molecular weight excluding hydrogens is 174 g/mol. The fraction of sp³-hybridized carbons (Fsp3) is 0.875. The van der Waals surface area contributed by atoms with Crippen LogP contribution in [0.25, 0.3) is 0 Å². The van der Waals surface area contributed by atoms with Crippen LogP contribution >= 0.6 is 21.6 Å². The summed E-state index contributed by atoms with van der Waals surface area (Å²) in [4.78, 5) is 0. The minimum Gasteiger partial charge on any atom is -0.316 e. The largest absolute Gasteiger partial charge is 0.316 e. The maximum atomic E-state index is 3.47. The second-order valence-corrected chi connectivity index (χ2v) is 5.71. The van der Waals surface area contributed by atoms with Gasteiger partial charge < -0.3 is 5.32 Å². The molecule has 0 spiro atoms. The van der Waals surface area contributed by atoms with Crippen molar-refractivity contribution in [3.05, 3.63) is 5.25 Å². The SMILES string of the molecule is C1CNCC([C]2CCSS2)C1. The van der Waals surface area contributed by atoms with Crippen LogP contribution < -0.4 is 5.32 Å². The van der Waals surface area contributed by atoms with E-state index >= 15 is 0 Å². The lowest BCUT2D eigenvalue weighted by atomic mass is 9.94. The monoisotopic (exact) mass is 188 g/mol. The second-order valence-electron chi connectivity index (χ2n) is 3.16. The Balaban J connectivity index is 1.82. The highest BCUT2D eigenvalue weighted by Gasteiger charge is 2.27. The van der Waals surface area contributed by atoms with Crippen molar-refractivity contribution in [2.75, 3.05) is 18.8 Å². The average Bonchev–Trinajstić information content (AvgIpc) is 2.58. The minimum absolute atomic E-state index is 0.892. The molecule has 0 aromatic carbocycles. The van der Waals surface area contributed by atoms with Crippen LogP contribution in [0.1, 0.15) is 19.3 Å². The second kappa shape index (κ2) is 4.06. The normalized spacial score (nSPS) is 34.4. The number of hydrogen-bond donors (Lipinski definition) is 1. The van der Waals surface area contributed by atoms with E-state index in [1.54, 1.807) is 5.25 Å². The number of rotatable bonds is 1. The summed E-state index contributed by atoms with van der Waals surface area (Å²) >= 11 is 0. The molecular formula is C8H14NS2. The smallest absolute Gasteiger partial charge is 0.0470 e. The van der Waals surface area contributed by atoms with Gasteiger partial charge >= 0.3 is 0 Å². The predicted molar refractivity (Wildman–Crippen MR) is 53.5 cm³/mol. The lowest BCUT2D eigenvalue weighted by molar-refractivity contribution is 0.405. The molecule has 2 heterocycles. The Morgan fingerprint density at radius 2 is 2.45 bits per heavy atom. The van der Waals surface area contributed by atoms with Gasteiger partial charge in [-0.3, -0.25) is 0 Å². The molecule has 2 fully saturated rings. The lowest BCUT2D eigenvalue weighted by Crippen LogP contribution is -2.31. The van der Waals surface area contributed by atoms with Gasteiger partial charge in [-0.1, -0.05) is 21.6 Å². The van der Waals surface area contributed by atoms with Gasteiger partial charge in [-0.25, -0.2) is 0 Å². The topological polar surface area (TPSA) is 12.0 Å². The van der Waals surface area contributed by atoms with Crippen molar-refractivity contribution in [2.45, 2.75) is 19.3 Å².